The number of thiophene rings is 1. The Labute approximate surface area is 176 Å². The number of carbonyl (C=O) groups excluding carboxylic acids is 2. The Morgan fingerprint density at radius 2 is 1.77 bits per heavy atom. The molecule has 0 radical (unpaired) electrons. The van der Waals surface area contributed by atoms with E-state index in [1.54, 1.807) is 47.4 Å². The van der Waals surface area contributed by atoms with Gasteiger partial charge in [0.05, 0.1) is 4.88 Å². The third-order valence-corrected chi connectivity index (χ3v) is 6.35. The van der Waals surface area contributed by atoms with Crippen molar-refractivity contribution in [2.24, 2.45) is 0 Å². The molecular weight excluding hydrogens is 399 g/mol. The van der Waals surface area contributed by atoms with Gasteiger partial charge in [-0.25, -0.2) is 4.39 Å². The van der Waals surface area contributed by atoms with Crippen LogP contribution >= 0.6 is 11.3 Å². The Bertz CT molecular complexity index is 1280. The molecule has 1 aromatic heterocycles. The first kappa shape index (κ1) is 18.5. The summed E-state index contributed by atoms with van der Waals surface area (Å²) in [5.74, 6) is -0.699. The fourth-order valence-electron chi connectivity index (χ4n) is 3.73. The number of amides is 2. The van der Waals surface area contributed by atoms with Crippen LogP contribution in [-0.4, -0.2) is 18.4 Å². The van der Waals surface area contributed by atoms with Crippen molar-refractivity contribution >= 4 is 44.6 Å². The number of carbonyl (C=O) groups is 2. The van der Waals surface area contributed by atoms with Crippen molar-refractivity contribution in [1.82, 2.24) is 0 Å². The number of para-hydroxylation sites is 1. The number of halogens is 1. The Kier molecular flexibility index (Phi) is 4.56. The summed E-state index contributed by atoms with van der Waals surface area (Å²) in [5, 5.41) is 3.26. The Hall–Kier alpha value is -3.51. The number of fused-ring (bicyclic) bond motifs is 2. The van der Waals surface area contributed by atoms with Gasteiger partial charge in [0, 0.05) is 33.6 Å². The second-order valence-corrected chi connectivity index (χ2v) is 8.21. The van der Waals surface area contributed by atoms with Crippen LogP contribution in [0.25, 0.3) is 10.1 Å². The Morgan fingerprint density at radius 1 is 0.967 bits per heavy atom. The minimum absolute atomic E-state index is 0.0576. The summed E-state index contributed by atoms with van der Waals surface area (Å²) in [6.45, 7) is 0.666. The molecular formula is C24H17FN2O2S. The summed E-state index contributed by atoms with van der Waals surface area (Å²) < 4.78 is 14.6. The lowest BCUT2D eigenvalue weighted by Crippen LogP contribution is -2.28. The zero-order valence-corrected chi connectivity index (χ0v) is 16.7. The van der Waals surface area contributed by atoms with Gasteiger partial charge >= 0.3 is 0 Å². The van der Waals surface area contributed by atoms with Crippen molar-refractivity contribution in [3.63, 3.8) is 0 Å². The van der Waals surface area contributed by atoms with Gasteiger partial charge < -0.3 is 10.2 Å². The molecule has 0 fully saturated rings. The number of benzene rings is 3. The summed E-state index contributed by atoms with van der Waals surface area (Å²) in [4.78, 5) is 27.7. The molecule has 0 aliphatic carbocycles. The minimum atomic E-state index is -0.339. The van der Waals surface area contributed by atoms with Gasteiger partial charge in [0.15, 0.2) is 0 Å². The number of rotatable bonds is 3. The first-order chi connectivity index (χ1) is 14.6. The van der Waals surface area contributed by atoms with E-state index in [1.165, 1.54) is 23.0 Å². The smallest absolute Gasteiger partial charge is 0.265 e. The molecule has 1 aliphatic heterocycles. The quantitative estimate of drug-likeness (QED) is 0.480. The highest BCUT2D eigenvalue weighted by atomic mass is 32.1. The zero-order chi connectivity index (χ0) is 20.7. The van der Waals surface area contributed by atoms with E-state index >= 15 is 0 Å². The second-order valence-electron chi connectivity index (χ2n) is 7.13. The first-order valence-corrected chi connectivity index (χ1v) is 10.4. The molecule has 1 aliphatic rings. The largest absolute Gasteiger partial charge is 0.321 e. The molecule has 0 unspecified atom stereocenters. The van der Waals surface area contributed by atoms with Gasteiger partial charge in [0.25, 0.3) is 11.8 Å². The van der Waals surface area contributed by atoms with Crippen LogP contribution in [0.3, 0.4) is 0 Å². The standard InChI is InChI=1S/C24H17FN2O2S/c25-19-5-3-7-21-18(19)14-22(30-21)23(28)26-17-10-8-16(9-11-17)24(29)27-13-12-15-4-1-2-6-20(15)27/h1-11,14H,12-13H2,(H,26,28). The number of nitrogens with zero attached hydrogens (tertiary/aromatic N) is 1. The third-order valence-electron chi connectivity index (χ3n) is 5.25. The number of anilines is 2. The Morgan fingerprint density at radius 3 is 2.57 bits per heavy atom. The summed E-state index contributed by atoms with van der Waals surface area (Å²) in [6, 6.07) is 21.1. The van der Waals surface area contributed by atoms with Crippen molar-refractivity contribution in [1.29, 1.82) is 0 Å². The van der Waals surface area contributed by atoms with Gasteiger partial charge in [-0.15, -0.1) is 11.3 Å². The highest BCUT2D eigenvalue weighted by molar-refractivity contribution is 7.20. The average Bonchev–Trinajstić information content (AvgIpc) is 3.39. The van der Waals surface area contributed by atoms with Gasteiger partial charge in [0.1, 0.15) is 5.82 Å². The molecule has 0 saturated heterocycles. The van der Waals surface area contributed by atoms with Crippen LogP contribution < -0.4 is 10.2 Å². The van der Waals surface area contributed by atoms with Crippen LogP contribution in [-0.2, 0) is 6.42 Å². The summed E-state index contributed by atoms with van der Waals surface area (Å²) in [6.07, 6.45) is 0.853. The molecule has 0 bridgehead atoms. The van der Waals surface area contributed by atoms with Crippen molar-refractivity contribution in [2.45, 2.75) is 6.42 Å². The van der Waals surface area contributed by atoms with E-state index in [0.717, 1.165) is 16.8 Å². The normalized spacial score (nSPS) is 12.8. The van der Waals surface area contributed by atoms with Crippen LogP contribution in [0.15, 0.2) is 72.8 Å². The van der Waals surface area contributed by atoms with E-state index in [-0.39, 0.29) is 17.6 Å². The Balaban J connectivity index is 1.32. The molecule has 5 rings (SSSR count). The van der Waals surface area contributed by atoms with Crippen molar-refractivity contribution in [3.05, 3.63) is 94.6 Å². The topological polar surface area (TPSA) is 49.4 Å². The summed E-state index contributed by atoms with van der Waals surface area (Å²) in [5.41, 5.74) is 3.27. The molecule has 4 aromatic rings. The lowest BCUT2D eigenvalue weighted by Gasteiger charge is -2.17. The average molecular weight is 416 g/mol. The molecule has 2 amide bonds. The summed E-state index contributed by atoms with van der Waals surface area (Å²) >= 11 is 1.24. The predicted molar refractivity (Wildman–Crippen MR) is 118 cm³/mol. The van der Waals surface area contributed by atoms with Crippen LogP contribution in [0, 0.1) is 5.82 Å². The number of hydrogen-bond donors (Lipinski definition) is 1. The van der Waals surface area contributed by atoms with E-state index in [1.807, 2.05) is 24.3 Å². The second kappa shape index (κ2) is 7.39. The molecule has 4 nitrogen and oxygen atoms in total. The maximum absolute atomic E-state index is 13.9. The molecule has 3 aromatic carbocycles. The van der Waals surface area contributed by atoms with Crippen molar-refractivity contribution in [3.8, 4) is 0 Å². The van der Waals surface area contributed by atoms with Gasteiger partial charge in [0.2, 0.25) is 0 Å². The highest BCUT2D eigenvalue weighted by Crippen LogP contribution is 2.30. The molecule has 0 atom stereocenters. The van der Waals surface area contributed by atoms with E-state index in [2.05, 4.69) is 5.32 Å². The van der Waals surface area contributed by atoms with Gasteiger partial charge in [-0.2, -0.15) is 0 Å². The van der Waals surface area contributed by atoms with E-state index in [9.17, 15) is 14.0 Å². The van der Waals surface area contributed by atoms with Crippen molar-refractivity contribution < 1.29 is 14.0 Å². The molecule has 2 heterocycles. The SMILES string of the molecule is O=C(Nc1ccc(C(=O)N2CCc3ccccc32)cc1)c1cc2c(F)cccc2s1. The highest BCUT2D eigenvalue weighted by Gasteiger charge is 2.25. The predicted octanol–water partition coefficient (Wildman–Crippen LogP) is 5.50. The van der Waals surface area contributed by atoms with Gasteiger partial charge in [-0.1, -0.05) is 24.3 Å². The monoisotopic (exact) mass is 416 g/mol. The van der Waals surface area contributed by atoms with Crippen LogP contribution in [0.2, 0.25) is 0 Å². The first-order valence-electron chi connectivity index (χ1n) is 9.59. The molecule has 6 heteroatoms. The minimum Gasteiger partial charge on any atom is -0.321 e. The van der Waals surface area contributed by atoms with Crippen LogP contribution in [0.5, 0.6) is 0 Å². The van der Waals surface area contributed by atoms with E-state index in [4.69, 9.17) is 0 Å². The number of hydrogen-bond acceptors (Lipinski definition) is 3. The fourth-order valence-corrected chi connectivity index (χ4v) is 4.70. The maximum atomic E-state index is 13.9. The molecule has 0 spiro atoms. The van der Waals surface area contributed by atoms with Gasteiger partial charge in [-0.05, 0) is 60.5 Å². The lowest BCUT2D eigenvalue weighted by atomic mass is 10.1. The van der Waals surface area contributed by atoms with Gasteiger partial charge in [-0.3, -0.25) is 9.59 Å². The molecule has 148 valence electrons. The van der Waals surface area contributed by atoms with E-state index in [0.29, 0.717) is 28.1 Å². The summed E-state index contributed by atoms with van der Waals surface area (Å²) in [7, 11) is 0. The fraction of sp³-hybridized carbons (Fsp3) is 0.0833. The van der Waals surface area contributed by atoms with Crippen LogP contribution in [0.4, 0.5) is 15.8 Å². The molecule has 0 saturated carbocycles. The molecule has 30 heavy (non-hydrogen) atoms. The zero-order valence-electron chi connectivity index (χ0n) is 15.9. The third kappa shape index (κ3) is 3.25. The maximum Gasteiger partial charge on any atom is 0.265 e. The van der Waals surface area contributed by atoms with Crippen molar-refractivity contribution in [2.75, 3.05) is 16.8 Å². The van der Waals surface area contributed by atoms with E-state index < -0.39 is 0 Å². The number of nitrogens with one attached hydrogen (secondary N) is 1. The lowest BCUT2D eigenvalue weighted by molar-refractivity contribution is 0.0988. The molecule has 1 N–H and O–H groups in total. The van der Waals surface area contributed by atoms with Crippen LogP contribution in [0.1, 0.15) is 25.6 Å².